The molecule has 0 aliphatic rings. The highest BCUT2D eigenvalue weighted by molar-refractivity contribution is 7.17. The number of benzene rings is 2. The number of hydrogen-bond acceptors (Lipinski definition) is 4. The molecule has 4 heteroatoms. The Kier molecular flexibility index (Phi) is 4.67. The lowest BCUT2D eigenvalue weighted by atomic mass is 9.99. The Morgan fingerprint density at radius 2 is 1.62 bits per heavy atom. The zero-order valence-corrected chi connectivity index (χ0v) is 14.6. The van der Waals surface area contributed by atoms with Crippen molar-refractivity contribution in [1.29, 1.82) is 0 Å². The third-order valence-corrected chi connectivity index (χ3v) is 5.26. The van der Waals surface area contributed by atoms with Crippen molar-refractivity contribution >= 4 is 17.6 Å². The van der Waals surface area contributed by atoms with E-state index in [1.807, 2.05) is 48.5 Å². The first-order chi connectivity index (χ1) is 11.7. The van der Waals surface area contributed by atoms with Gasteiger partial charge in [-0.15, -0.1) is 11.3 Å². The Bertz CT molecular complexity index is 863. The summed E-state index contributed by atoms with van der Waals surface area (Å²) in [6, 6.07) is 15.7. The molecule has 0 saturated carbocycles. The van der Waals surface area contributed by atoms with Crippen LogP contribution < -0.4 is 9.47 Å². The summed E-state index contributed by atoms with van der Waals surface area (Å²) in [7, 11) is 3.29. The quantitative estimate of drug-likeness (QED) is 0.598. The molecule has 0 unspecified atom stereocenters. The lowest BCUT2D eigenvalue weighted by Gasteiger charge is -2.06. The van der Waals surface area contributed by atoms with E-state index in [0.29, 0.717) is 0 Å². The summed E-state index contributed by atoms with van der Waals surface area (Å²) in [4.78, 5) is 13.4. The number of thiophene rings is 1. The van der Waals surface area contributed by atoms with Crippen molar-refractivity contribution < 1.29 is 14.3 Å². The minimum absolute atomic E-state index is 0.732. The molecule has 2 aromatic carbocycles. The second-order valence-corrected chi connectivity index (χ2v) is 6.43. The molecule has 0 saturated heterocycles. The molecule has 0 radical (unpaired) electrons. The minimum atomic E-state index is 0.732. The number of carbonyl (C=O) groups is 1. The van der Waals surface area contributed by atoms with Crippen LogP contribution in [0.2, 0.25) is 0 Å². The second kappa shape index (κ2) is 6.89. The van der Waals surface area contributed by atoms with Crippen LogP contribution in [0.15, 0.2) is 48.5 Å². The Balaban J connectivity index is 2.13. The van der Waals surface area contributed by atoms with Gasteiger partial charge >= 0.3 is 0 Å². The SMILES string of the molecule is COc1ccc(-c2c(C=O)sc(-c3cccc(OC)c3)c2C)cc1. The average molecular weight is 338 g/mol. The average Bonchev–Trinajstić information content (AvgIpc) is 2.98. The van der Waals surface area contributed by atoms with Crippen molar-refractivity contribution in [2.45, 2.75) is 6.92 Å². The van der Waals surface area contributed by atoms with Gasteiger partial charge in [0.1, 0.15) is 11.5 Å². The first-order valence-corrected chi connectivity index (χ1v) is 8.37. The summed E-state index contributed by atoms with van der Waals surface area (Å²) in [5, 5.41) is 0. The van der Waals surface area contributed by atoms with Gasteiger partial charge in [-0.2, -0.15) is 0 Å². The van der Waals surface area contributed by atoms with Crippen molar-refractivity contribution in [2.75, 3.05) is 14.2 Å². The highest BCUT2D eigenvalue weighted by Gasteiger charge is 2.17. The van der Waals surface area contributed by atoms with E-state index < -0.39 is 0 Å². The maximum Gasteiger partial charge on any atom is 0.160 e. The van der Waals surface area contributed by atoms with Crippen LogP contribution in [-0.2, 0) is 0 Å². The number of aldehydes is 1. The van der Waals surface area contributed by atoms with E-state index in [1.165, 1.54) is 11.3 Å². The van der Waals surface area contributed by atoms with Crippen molar-refractivity contribution in [3.8, 4) is 33.1 Å². The predicted octanol–water partition coefficient (Wildman–Crippen LogP) is 5.22. The molecule has 122 valence electrons. The third kappa shape index (κ3) is 2.93. The Morgan fingerprint density at radius 1 is 0.917 bits per heavy atom. The standard InChI is InChI=1S/C20H18O3S/c1-13-19(14-7-9-16(22-2)10-8-14)18(12-21)24-20(13)15-5-4-6-17(11-15)23-3/h4-12H,1-3H3. The first-order valence-electron chi connectivity index (χ1n) is 7.55. The zero-order valence-electron chi connectivity index (χ0n) is 13.8. The van der Waals surface area contributed by atoms with Gasteiger partial charge in [-0.05, 0) is 47.9 Å². The molecule has 3 rings (SSSR count). The van der Waals surface area contributed by atoms with Gasteiger partial charge in [0, 0.05) is 10.4 Å². The van der Waals surface area contributed by atoms with Crippen LogP contribution in [0.4, 0.5) is 0 Å². The monoisotopic (exact) mass is 338 g/mol. The normalized spacial score (nSPS) is 10.5. The van der Waals surface area contributed by atoms with E-state index in [-0.39, 0.29) is 0 Å². The van der Waals surface area contributed by atoms with Crippen LogP contribution in [0.3, 0.4) is 0 Å². The van der Waals surface area contributed by atoms with Gasteiger partial charge in [-0.1, -0.05) is 24.3 Å². The van der Waals surface area contributed by atoms with Crippen molar-refractivity contribution in [3.05, 3.63) is 59.0 Å². The van der Waals surface area contributed by atoms with E-state index in [2.05, 4.69) is 6.92 Å². The molecule has 0 bridgehead atoms. The van der Waals surface area contributed by atoms with Crippen LogP contribution in [0.5, 0.6) is 11.5 Å². The van der Waals surface area contributed by atoms with Gasteiger partial charge in [0.25, 0.3) is 0 Å². The molecule has 0 aliphatic heterocycles. The van der Waals surface area contributed by atoms with Crippen LogP contribution in [0.25, 0.3) is 21.6 Å². The number of ether oxygens (including phenoxy) is 2. The lowest BCUT2D eigenvalue weighted by molar-refractivity contribution is 0.112. The number of carbonyl (C=O) groups excluding carboxylic acids is 1. The summed E-state index contributed by atoms with van der Waals surface area (Å²) in [5.41, 5.74) is 4.15. The number of methoxy groups -OCH3 is 2. The van der Waals surface area contributed by atoms with E-state index in [0.717, 1.165) is 49.8 Å². The molecule has 24 heavy (non-hydrogen) atoms. The third-order valence-electron chi connectivity index (χ3n) is 3.99. The molecule has 0 atom stereocenters. The van der Waals surface area contributed by atoms with E-state index in [4.69, 9.17) is 9.47 Å². The Labute approximate surface area is 145 Å². The Hall–Kier alpha value is -2.59. The van der Waals surface area contributed by atoms with Crippen LogP contribution in [-0.4, -0.2) is 20.5 Å². The number of rotatable bonds is 5. The van der Waals surface area contributed by atoms with Gasteiger partial charge < -0.3 is 9.47 Å². The molecule has 1 aromatic heterocycles. The van der Waals surface area contributed by atoms with Gasteiger partial charge in [0.2, 0.25) is 0 Å². The van der Waals surface area contributed by atoms with Gasteiger partial charge in [-0.3, -0.25) is 4.79 Å². The summed E-state index contributed by atoms with van der Waals surface area (Å²) < 4.78 is 10.5. The predicted molar refractivity (Wildman–Crippen MR) is 98.4 cm³/mol. The van der Waals surface area contributed by atoms with E-state index >= 15 is 0 Å². The molecule has 3 nitrogen and oxygen atoms in total. The maximum absolute atomic E-state index is 11.6. The van der Waals surface area contributed by atoms with Gasteiger partial charge in [-0.25, -0.2) is 0 Å². The molecule has 0 amide bonds. The van der Waals surface area contributed by atoms with Gasteiger partial charge in [0.15, 0.2) is 6.29 Å². The van der Waals surface area contributed by atoms with Crippen LogP contribution in [0.1, 0.15) is 15.2 Å². The van der Waals surface area contributed by atoms with Crippen LogP contribution in [0, 0.1) is 6.92 Å². The molecule has 0 spiro atoms. The summed E-state index contributed by atoms with van der Waals surface area (Å²) >= 11 is 1.51. The fraction of sp³-hybridized carbons (Fsp3) is 0.150. The molecule has 1 heterocycles. The minimum Gasteiger partial charge on any atom is -0.497 e. The summed E-state index contributed by atoms with van der Waals surface area (Å²) in [6.07, 6.45) is 0.931. The maximum atomic E-state index is 11.6. The summed E-state index contributed by atoms with van der Waals surface area (Å²) in [5.74, 6) is 1.60. The van der Waals surface area contributed by atoms with E-state index in [1.54, 1.807) is 14.2 Å². The molecule has 0 aliphatic carbocycles. The fourth-order valence-corrected chi connectivity index (χ4v) is 3.92. The highest BCUT2D eigenvalue weighted by atomic mass is 32.1. The van der Waals surface area contributed by atoms with E-state index in [9.17, 15) is 4.79 Å². The van der Waals surface area contributed by atoms with Crippen molar-refractivity contribution in [3.63, 3.8) is 0 Å². The van der Waals surface area contributed by atoms with Crippen LogP contribution >= 0.6 is 11.3 Å². The molecular weight excluding hydrogens is 320 g/mol. The lowest BCUT2D eigenvalue weighted by Crippen LogP contribution is -1.87. The molecule has 0 fully saturated rings. The van der Waals surface area contributed by atoms with Crippen molar-refractivity contribution in [1.82, 2.24) is 0 Å². The second-order valence-electron chi connectivity index (χ2n) is 5.37. The fourth-order valence-electron chi connectivity index (χ4n) is 2.78. The molecule has 0 N–H and O–H groups in total. The zero-order chi connectivity index (χ0) is 17.1. The summed E-state index contributed by atoms with van der Waals surface area (Å²) in [6.45, 7) is 2.05. The highest BCUT2D eigenvalue weighted by Crippen LogP contribution is 2.42. The Morgan fingerprint density at radius 3 is 2.25 bits per heavy atom. The molecular formula is C20H18O3S. The largest absolute Gasteiger partial charge is 0.497 e. The molecule has 3 aromatic rings. The smallest absolute Gasteiger partial charge is 0.160 e. The number of hydrogen-bond donors (Lipinski definition) is 0. The first kappa shape index (κ1) is 16.3. The topological polar surface area (TPSA) is 35.5 Å². The van der Waals surface area contributed by atoms with Crippen molar-refractivity contribution in [2.24, 2.45) is 0 Å². The van der Waals surface area contributed by atoms with Gasteiger partial charge in [0.05, 0.1) is 19.1 Å².